The molecule has 0 saturated heterocycles. The van der Waals surface area contributed by atoms with Gasteiger partial charge < -0.3 is 19.7 Å². The predicted molar refractivity (Wildman–Crippen MR) is 141 cm³/mol. The molecule has 2 aromatic rings. The van der Waals surface area contributed by atoms with Crippen molar-refractivity contribution in [3.63, 3.8) is 0 Å². The lowest BCUT2D eigenvalue weighted by Gasteiger charge is -2.25. The van der Waals surface area contributed by atoms with E-state index in [0.29, 0.717) is 17.9 Å². The molecule has 3 unspecified atom stereocenters. The van der Waals surface area contributed by atoms with Crippen LogP contribution in [0.25, 0.3) is 0 Å². The van der Waals surface area contributed by atoms with E-state index in [9.17, 15) is 9.90 Å². The molecule has 0 aliphatic carbocycles. The van der Waals surface area contributed by atoms with E-state index in [1.807, 2.05) is 40.0 Å². The lowest BCUT2D eigenvalue weighted by molar-refractivity contribution is 0.0815. The Hall–Kier alpha value is -2.70. The summed E-state index contributed by atoms with van der Waals surface area (Å²) in [7, 11) is 1.78. The van der Waals surface area contributed by atoms with Crippen molar-refractivity contribution < 1.29 is 9.84 Å². The van der Waals surface area contributed by atoms with Crippen molar-refractivity contribution in [1.82, 2.24) is 9.88 Å². The molecule has 0 saturated carbocycles. The van der Waals surface area contributed by atoms with Crippen molar-refractivity contribution in [1.29, 1.82) is 0 Å². The van der Waals surface area contributed by atoms with E-state index >= 15 is 0 Å². The molecule has 3 atom stereocenters. The van der Waals surface area contributed by atoms with E-state index in [1.54, 1.807) is 18.5 Å². The van der Waals surface area contributed by atoms with Gasteiger partial charge >= 0.3 is 0 Å². The van der Waals surface area contributed by atoms with E-state index in [0.717, 1.165) is 34.5 Å². The molecule has 0 spiro atoms. The third-order valence-electron chi connectivity index (χ3n) is 5.99. The molecule has 186 valence electrons. The smallest absolute Gasteiger partial charge is 0.253 e. The fourth-order valence-corrected chi connectivity index (χ4v) is 3.84. The molecule has 0 fully saturated rings. The zero-order valence-electron chi connectivity index (χ0n) is 22.0. The number of rotatable bonds is 11. The fraction of sp³-hybridized carbons (Fsp3) is 0.500. The SMILES string of the molecule is C=C(OC(C)C)C(NCc1ccc(C)c(N=C(c2cc(C)c(=O)n(C)c2)C(C)CC)c1)C(C)O. The first-order valence-electron chi connectivity index (χ1n) is 12.1. The van der Waals surface area contributed by atoms with Crippen LogP contribution in [0.3, 0.4) is 0 Å². The van der Waals surface area contributed by atoms with E-state index in [1.165, 1.54) is 0 Å². The van der Waals surface area contributed by atoms with Gasteiger partial charge in [0.05, 0.1) is 29.6 Å². The molecule has 2 rings (SSSR count). The molecule has 0 aliphatic rings. The van der Waals surface area contributed by atoms with Gasteiger partial charge in [-0.15, -0.1) is 0 Å². The van der Waals surface area contributed by atoms with Crippen molar-refractivity contribution >= 4 is 11.4 Å². The summed E-state index contributed by atoms with van der Waals surface area (Å²) in [5.41, 5.74) is 5.67. The number of pyridine rings is 1. The average Bonchev–Trinajstić information content (AvgIpc) is 2.76. The quantitative estimate of drug-likeness (QED) is 0.362. The number of aliphatic hydroxyl groups excluding tert-OH is 1. The molecule has 0 radical (unpaired) electrons. The highest BCUT2D eigenvalue weighted by molar-refractivity contribution is 6.03. The van der Waals surface area contributed by atoms with Crippen LogP contribution in [-0.2, 0) is 18.3 Å². The maximum atomic E-state index is 12.2. The van der Waals surface area contributed by atoms with Gasteiger partial charge in [0.15, 0.2) is 0 Å². The largest absolute Gasteiger partial charge is 0.494 e. The zero-order chi connectivity index (χ0) is 25.6. The molecule has 2 N–H and O–H groups in total. The molecule has 34 heavy (non-hydrogen) atoms. The van der Waals surface area contributed by atoms with Crippen molar-refractivity contribution in [2.24, 2.45) is 18.0 Å². The lowest BCUT2D eigenvalue weighted by atomic mass is 9.96. The van der Waals surface area contributed by atoms with Crippen molar-refractivity contribution in [3.8, 4) is 0 Å². The lowest BCUT2D eigenvalue weighted by Crippen LogP contribution is -2.40. The molecule has 1 aromatic carbocycles. The summed E-state index contributed by atoms with van der Waals surface area (Å²) in [5.74, 6) is 0.758. The third-order valence-corrected chi connectivity index (χ3v) is 5.99. The van der Waals surface area contributed by atoms with Crippen LogP contribution in [-0.4, -0.2) is 33.6 Å². The topological polar surface area (TPSA) is 75.8 Å². The maximum absolute atomic E-state index is 12.2. The Labute approximate surface area is 204 Å². The molecule has 0 bridgehead atoms. The van der Waals surface area contributed by atoms with Gasteiger partial charge in [0.1, 0.15) is 5.76 Å². The van der Waals surface area contributed by atoms with E-state index < -0.39 is 6.10 Å². The van der Waals surface area contributed by atoms with Crippen LogP contribution >= 0.6 is 0 Å². The van der Waals surface area contributed by atoms with Gasteiger partial charge in [0.2, 0.25) is 0 Å². The van der Waals surface area contributed by atoms with Gasteiger partial charge in [-0.05, 0) is 70.2 Å². The first kappa shape index (κ1) is 27.5. The van der Waals surface area contributed by atoms with E-state index in [2.05, 4.69) is 43.9 Å². The number of hydrogen-bond acceptors (Lipinski definition) is 5. The number of aliphatic hydroxyl groups is 1. The van der Waals surface area contributed by atoms with Crippen LogP contribution in [0.4, 0.5) is 5.69 Å². The van der Waals surface area contributed by atoms with Crippen LogP contribution in [0, 0.1) is 19.8 Å². The van der Waals surface area contributed by atoms with Crippen LogP contribution in [0.2, 0.25) is 0 Å². The van der Waals surface area contributed by atoms with Crippen molar-refractivity contribution in [3.05, 3.63) is 75.4 Å². The summed E-state index contributed by atoms with van der Waals surface area (Å²) in [5, 5.41) is 13.6. The van der Waals surface area contributed by atoms with Crippen molar-refractivity contribution in [2.45, 2.75) is 79.7 Å². The van der Waals surface area contributed by atoms with Crippen LogP contribution in [0.5, 0.6) is 0 Å². The monoisotopic (exact) mass is 467 g/mol. The first-order valence-corrected chi connectivity index (χ1v) is 12.1. The molecule has 6 nitrogen and oxygen atoms in total. The Balaban J connectivity index is 2.39. The number of aromatic nitrogens is 1. The predicted octanol–water partition coefficient (Wildman–Crippen LogP) is 4.95. The van der Waals surface area contributed by atoms with Gasteiger partial charge in [0.25, 0.3) is 5.56 Å². The van der Waals surface area contributed by atoms with Gasteiger partial charge in [0, 0.05) is 30.9 Å². The second-order valence-electron chi connectivity index (χ2n) is 9.49. The van der Waals surface area contributed by atoms with Gasteiger partial charge in [-0.1, -0.05) is 32.6 Å². The highest BCUT2D eigenvalue weighted by Crippen LogP contribution is 2.25. The molecule has 0 amide bonds. The van der Waals surface area contributed by atoms with Crippen LogP contribution < -0.4 is 10.9 Å². The van der Waals surface area contributed by atoms with E-state index in [-0.39, 0.29) is 23.6 Å². The van der Waals surface area contributed by atoms with Crippen molar-refractivity contribution in [2.75, 3.05) is 0 Å². The Bertz CT molecular complexity index is 1060. The fourth-order valence-electron chi connectivity index (χ4n) is 3.84. The normalized spacial score (nSPS) is 14.7. The minimum atomic E-state index is -0.640. The number of ether oxygens (including phenoxy) is 1. The van der Waals surface area contributed by atoms with E-state index in [4.69, 9.17) is 9.73 Å². The molecule has 6 heteroatoms. The highest BCUT2D eigenvalue weighted by Gasteiger charge is 2.20. The van der Waals surface area contributed by atoms with Gasteiger partial charge in [-0.25, -0.2) is 0 Å². The number of aliphatic imine (C=N–C) groups is 1. The maximum Gasteiger partial charge on any atom is 0.253 e. The molecule has 0 aliphatic heterocycles. The Morgan fingerprint density at radius 3 is 2.41 bits per heavy atom. The third kappa shape index (κ3) is 7.15. The number of aryl methyl sites for hydroxylation is 3. The summed E-state index contributed by atoms with van der Waals surface area (Å²) in [6.45, 7) is 18.3. The number of hydrogen-bond donors (Lipinski definition) is 2. The van der Waals surface area contributed by atoms with Crippen LogP contribution in [0.1, 0.15) is 63.3 Å². The summed E-state index contributed by atoms with van der Waals surface area (Å²) < 4.78 is 7.33. The van der Waals surface area contributed by atoms with Gasteiger partial charge in [-0.3, -0.25) is 9.79 Å². The minimum absolute atomic E-state index is 0.00374. The Kier molecular flexibility index (Phi) is 9.83. The second kappa shape index (κ2) is 12.1. The molecular formula is C28H41N3O3. The zero-order valence-corrected chi connectivity index (χ0v) is 22.0. The minimum Gasteiger partial charge on any atom is -0.494 e. The average molecular weight is 468 g/mol. The number of nitrogens with zero attached hydrogens (tertiary/aromatic N) is 2. The Morgan fingerprint density at radius 1 is 1.18 bits per heavy atom. The number of benzene rings is 1. The second-order valence-corrected chi connectivity index (χ2v) is 9.49. The standard InChI is InChI=1S/C28H41N3O3/c1-10-18(4)26(24-13-20(6)28(33)31(9)16-24)30-25-14-23(12-11-19(25)5)15-29-27(21(7)32)22(8)34-17(2)3/h11-14,16-18,21,27,29,32H,8,10,15H2,1-7,9H3. The first-order chi connectivity index (χ1) is 15.9. The molecular weight excluding hydrogens is 426 g/mol. The van der Waals surface area contributed by atoms with Gasteiger partial charge in [-0.2, -0.15) is 0 Å². The molecule has 1 heterocycles. The summed E-state index contributed by atoms with van der Waals surface area (Å²) in [4.78, 5) is 17.3. The summed E-state index contributed by atoms with van der Waals surface area (Å²) in [6.07, 6.45) is 2.17. The highest BCUT2D eigenvalue weighted by atomic mass is 16.5. The molecule has 1 aromatic heterocycles. The summed E-state index contributed by atoms with van der Waals surface area (Å²) in [6, 6.07) is 7.75. The van der Waals surface area contributed by atoms with Crippen LogP contribution in [0.15, 0.2) is 52.6 Å². The Morgan fingerprint density at radius 2 is 1.85 bits per heavy atom. The summed E-state index contributed by atoms with van der Waals surface area (Å²) >= 11 is 0. The number of nitrogens with one attached hydrogen (secondary N) is 1.